The van der Waals surface area contributed by atoms with Gasteiger partial charge in [-0.15, -0.1) is 22.7 Å². The molecular weight excluding hydrogens is 339 g/mol. The highest BCUT2D eigenvalue weighted by Gasteiger charge is 2.29. The van der Waals surface area contributed by atoms with Crippen LogP contribution in [-0.2, 0) is 0 Å². The molecule has 3 aromatic rings. The van der Waals surface area contributed by atoms with E-state index in [1.807, 2.05) is 23.2 Å². The molecule has 1 atom stereocenters. The Kier molecular flexibility index (Phi) is 4.28. The van der Waals surface area contributed by atoms with Crippen molar-refractivity contribution in [2.24, 2.45) is 5.10 Å². The van der Waals surface area contributed by atoms with Crippen molar-refractivity contribution in [2.45, 2.75) is 12.5 Å². The molecule has 0 saturated carbocycles. The summed E-state index contributed by atoms with van der Waals surface area (Å²) in [6.45, 7) is 0. The Bertz CT molecular complexity index is 867. The lowest BCUT2D eigenvalue weighted by Gasteiger charge is -2.22. The summed E-state index contributed by atoms with van der Waals surface area (Å²) in [5.41, 5.74) is 1.79. The van der Waals surface area contributed by atoms with Crippen LogP contribution in [0, 0.1) is 5.82 Å². The Morgan fingerprint density at radius 1 is 1.04 bits per heavy atom. The fraction of sp³-hybridized carbons (Fsp3) is 0.105. The zero-order valence-electron chi connectivity index (χ0n) is 12.8. The summed E-state index contributed by atoms with van der Waals surface area (Å²) in [6, 6.07) is 15.0. The molecule has 0 aliphatic carbocycles. The minimum absolute atomic E-state index is 0.120. The lowest BCUT2D eigenvalue weighted by molar-refractivity contribution is 0.624. The van der Waals surface area contributed by atoms with Gasteiger partial charge in [-0.05, 0) is 53.2 Å². The summed E-state index contributed by atoms with van der Waals surface area (Å²) in [4.78, 5) is 2.44. The molecule has 1 aliphatic rings. The quantitative estimate of drug-likeness (QED) is 0.563. The topological polar surface area (TPSA) is 15.6 Å². The Hall–Kier alpha value is -2.24. The van der Waals surface area contributed by atoms with E-state index in [9.17, 15) is 4.39 Å². The molecule has 24 heavy (non-hydrogen) atoms. The van der Waals surface area contributed by atoms with Gasteiger partial charge in [0.05, 0.1) is 17.4 Å². The van der Waals surface area contributed by atoms with E-state index in [0.29, 0.717) is 0 Å². The van der Waals surface area contributed by atoms with Crippen LogP contribution in [0.25, 0.3) is 6.08 Å². The number of hydrogen-bond acceptors (Lipinski definition) is 4. The fourth-order valence-corrected chi connectivity index (χ4v) is 4.19. The van der Waals surface area contributed by atoms with Gasteiger partial charge in [0.25, 0.3) is 0 Å². The number of allylic oxidation sites excluding steroid dienone is 1. The summed E-state index contributed by atoms with van der Waals surface area (Å²) in [5.74, 6) is -0.241. The van der Waals surface area contributed by atoms with Crippen LogP contribution in [0.2, 0.25) is 0 Å². The summed E-state index contributed by atoms with van der Waals surface area (Å²) in [7, 11) is 0. The summed E-state index contributed by atoms with van der Waals surface area (Å²) < 4.78 is 13.6. The van der Waals surface area contributed by atoms with Crippen molar-refractivity contribution in [3.05, 3.63) is 80.9 Å². The smallest absolute Gasteiger partial charge is 0.125 e. The molecule has 1 aliphatic heterocycles. The molecule has 5 heteroatoms. The molecule has 0 spiro atoms. The molecule has 0 saturated heterocycles. The predicted molar refractivity (Wildman–Crippen MR) is 101 cm³/mol. The van der Waals surface area contributed by atoms with Crippen LogP contribution < -0.4 is 5.01 Å². The van der Waals surface area contributed by atoms with Crippen molar-refractivity contribution in [1.29, 1.82) is 0 Å². The SMILES string of the molecule is Fc1cccc(N2N=C(/C=C/c3cccs3)C[C@@H]2c2cccs2)c1. The Labute approximate surface area is 148 Å². The average molecular weight is 354 g/mol. The van der Waals surface area contributed by atoms with Gasteiger partial charge in [-0.2, -0.15) is 5.10 Å². The maximum Gasteiger partial charge on any atom is 0.125 e. The maximum absolute atomic E-state index is 13.6. The summed E-state index contributed by atoms with van der Waals surface area (Å²) in [6.07, 6.45) is 4.97. The highest BCUT2D eigenvalue weighted by Crippen LogP contribution is 2.37. The first-order chi connectivity index (χ1) is 11.8. The molecule has 2 aromatic heterocycles. The molecule has 0 N–H and O–H groups in total. The van der Waals surface area contributed by atoms with Crippen LogP contribution in [0.1, 0.15) is 22.2 Å². The minimum atomic E-state index is -0.241. The number of anilines is 1. The fourth-order valence-electron chi connectivity index (χ4n) is 2.76. The van der Waals surface area contributed by atoms with Crippen LogP contribution in [-0.4, -0.2) is 5.71 Å². The summed E-state index contributed by atoms with van der Waals surface area (Å²) >= 11 is 3.41. The van der Waals surface area contributed by atoms with Crippen molar-refractivity contribution in [3.8, 4) is 0 Å². The standard InChI is InChI=1S/C19H15FN2S2/c20-14-4-1-5-16(12-14)22-18(19-7-3-11-24-19)13-15(21-22)8-9-17-6-2-10-23-17/h1-12,18H,13H2/b9-8+/t18-/m1/s1. The molecule has 3 heterocycles. The predicted octanol–water partition coefficient (Wildman–Crippen LogP) is 5.97. The molecule has 0 radical (unpaired) electrons. The van der Waals surface area contributed by atoms with Gasteiger partial charge in [-0.3, -0.25) is 5.01 Å². The zero-order valence-corrected chi connectivity index (χ0v) is 14.4. The third-order valence-electron chi connectivity index (χ3n) is 3.86. The van der Waals surface area contributed by atoms with E-state index < -0.39 is 0 Å². The van der Waals surface area contributed by atoms with Crippen molar-refractivity contribution >= 4 is 40.1 Å². The number of thiophene rings is 2. The maximum atomic E-state index is 13.6. The molecule has 2 nitrogen and oxygen atoms in total. The lowest BCUT2D eigenvalue weighted by atomic mass is 10.1. The van der Waals surface area contributed by atoms with Crippen LogP contribution in [0.4, 0.5) is 10.1 Å². The number of hydrogen-bond donors (Lipinski definition) is 0. The van der Waals surface area contributed by atoms with Crippen molar-refractivity contribution in [3.63, 3.8) is 0 Å². The van der Waals surface area contributed by atoms with E-state index in [1.165, 1.54) is 21.9 Å². The Morgan fingerprint density at radius 2 is 1.92 bits per heavy atom. The van der Waals surface area contributed by atoms with Gasteiger partial charge in [0, 0.05) is 16.2 Å². The number of nitrogens with zero attached hydrogens (tertiary/aromatic N) is 2. The second-order valence-corrected chi connectivity index (χ2v) is 7.46. The number of halogens is 1. The van der Waals surface area contributed by atoms with Crippen LogP contribution in [0.5, 0.6) is 0 Å². The van der Waals surface area contributed by atoms with Crippen molar-refractivity contribution in [1.82, 2.24) is 0 Å². The van der Waals surface area contributed by atoms with Crippen molar-refractivity contribution < 1.29 is 4.39 Å². The monoisotopic (exact) mass is 354 g/mol. The first-order valence-corrected chi connectivity index (χ1v) is 9.43. The number of rotatable bonds is 4. The van der Waals surface area contributed by atoms with Gasteiger partial charge >= 0.3 is 0 Å². The van der Waals surface area contributed by atoms with E-state index in [-0.39, 0.29) is 11.9 Å². The van der Waals surface area contributed by atoms with Gasteiger partial charge in [0.2, 0.25) is 0 Å². The first kappa shape index (κ1) is 15.3. The molecule has 4 rings (SSSR count). The zero-order chi connectivity index (χ0) is 16.4. The third kappa shape index (κ3) is 3.18. The number of hydrazone groups is 1. The van der Waals surface area contributed by atoms with Crippen LogP contribution in [0.3, 0.4) is 0 Å². The minimum Gasteiger partial charge on any atom is -0.256 e. The van der Waals surface area contributed by atoms with Crippen LogP contribution in [0.15, 0.2) is 70.5 Å². The summed E-state index contributed by atoms with van der Waals surface area (Å²) in [5, 5.41) is 10.8. The lowest BCUT2D eigenvalue weighted by Crippen LogP contribution is -2.17. The van der Waals surface area contributed by atoms with Gasteiger partial charge < -0.3 is 0 Å². The van der Waals surface area contributed by atoms with E-state index in [1.54, 1.807) is 28.7 Å². The third-order valence-corrected chi connectivity index (χ3v) is 5.67. The Morgan fingerprint density at radius 3 is 2.67 bits per heavy atom. The number of benzene rings is 1. The van der Waals surface area contributed by atoms with E-state index >= 15 is 0 Å². The highest BCUT2D eigenvalue weighted by atomic mass is 32.1. The Balaban J connectivity index is 1.66. The second-order valence-electron chi connectivity index (χ2n) is 5.50. The normalized spacial score (nSPS) is 17.6. The largest absolute Gasteiger partial charge is 0.256 e. The van der Waals surface area contributed by atoms with Crippen molar-refractivity contribution in [2.75, 3.05) is 5.01 Å². The second kappa shape index (κ2) is 6.71. The molecule has 0 amide bonds. The molecule has 0 bridgehead atoms. The van der Waals surface area contributed by atoms with Crippen LogP contribution >= 0.6 is 22.7 Å². The molecule has 120 valence electrons. The van der Waals surface area contributed by atoms with E-state index in [4.69, 9.17) is 5.10 Å². The van der Waals surface area contributed by atoms with Gasteiger partial charge in [-0.25, -0.2) is 4.39 Å². The molecule has 0 fully saturated rings. The van der Waals surface area contributed by atoms with Gasteiger partial charge in [0.15, 0.2) is 0 Å². The van der Waals surface area contributed by atoms with Gasteiger partial charge in [0.1, 0.15) is 5.82 Å². The van der Waals surface area contributed by atoms with E-state index in [0.717, 1.165) is 17.8 Å². The van der Waals surface area contributed by atoms with Gasteiger partial charge in [-0.1, -0.05) is 18.2 Å². The molecule has 0 unspecified atom stereocenters. The average Bonchev–Trinajstić information content (AvgIpc) is 3.33. The highest BCUT2D eigenvalue weighted by molar-refractivity contribution is 7.10. The first-order valence-electron chi connectivity index (χ1n) is 7.67. The molecule has 1 aromatic carbocycles. The van der Waals surface area contributed by atoms with E-state index in [2.05, 4.69) is 35.0 Å². The molecular formula is C19H15FN2S2.